The van der Waals surface area contributed by atoms with E-state index in [0.717, 1.165) is 6.26 Å². The molecule has 252 valence electrons. The molecular weight excluding hydrogens is 648 g/mol. The van der Waals surface area contributed by atoms with Crippen molar-refractivity contribution in [2.45, 2.75) is 100 Å². The fraction of sp³-hybridized carbons (Fsp3) is 0.562. The summed E-state index contributed by atoms with van der Waals surface area (Å²) < 4.78 is 100. The van der Waals surface area contributed by atoms with Crippen molar-refractivity contribution in [3.05, 3.63) is 64.2 Å². The van der Waals surface area contributed by atoms with E-state index in [4.69, 9.17) is 4.43 Å². The van der Waals surface area contributed by atoms with Crippen LogP contribution in [0.3, 0.4) is 0 Å². The van der Waals surface area contributed by atoms with Crippen molar-refractivity contribution in [2.75, 3.05) is 6.26 Å². The number of piperidine rings is 1. The summed E-state index contributed by atoms with van der Waals surface area (Å²) in [6.07, 6.45) is -1.97. The highest BCUT2D eigenvalue weighted by atomic mass is 32.2. The highest BCUT2D eigenvalue weighted by Gasteiger charge is 2.57. The number of sulfone groups is 1. The number of amides is 2. The Kier molecular flexibility index (Phi) is 8.77. The number of nitrogens with one attached hydrogen (secondary N) is 1. The molecule has 5 rings (SSSR count). The number of carbonyl (C=O) groups is 2. The Morgan fingerprint density at radius 1 is 1.04 bits per heavy atom. The fourth-order valence-corrected chi connectivity index (χ4v) is 7.45. The van der Waals surface area contributed by atoms with Crippen LogP contribution in [0.15, 0.2) is 35.2 Å². The van der Waals surface area contributed by atoms with E-state index in [1.807, 2.05) is 0 Å². The summed E-state index contributed by atoms with van der Waals surface area (Å²) in [5.74, 6) is -4.36. The molecular formula is C32H39F5N2O5SSi. The van der Waals surface area contributed by atoms with Crippen LogP contribution in [0.4, 0.5) is 22.0 Å². The Hall–Kier alpha value is -2.84. The van der Waals surface area contributed by atoms with E-state index in [0.29, 0.717) is 37.3 Å². The van der Waals surface area contributed by atoms with Gasteiger partial charge >= 0.3 is 6.18 Å². The largest absolute Gasteiger partial charge is 0.419 e. The summed E-state index contributed by atoms with van der Waals surface area (Å²) in [7, 11) is -5.96. The Labute approximate surface area is 266 Å². The number of likely N-dealkylation sites (tertiary alicyclic amines) is 1. The van der Waals surface area contributed by atoms with Gasteiger partial charge in [-0.05, 0) is 85.5 Å². The van der Waals surface area contributed by atoms with Crippen LogP contribution in [-0.4, -0.2) is 51.8 Å². The summed E-state index contributed by atoms with van der Waals surface area (Å²) in [6, 6.07) is 2.53. The summed E-state index contributed by atoms with van der Waals surface area (Å²) in [4.78, 5) is 29.4. The van der Waals surface area contributed by atoms with Gasteiger partial charge in [0.2, 0.25) is 5.91 Å². The second kappa shape index (κ2) is 11.7. The summed E-state index contributed by atoms with van der Waals surface area (Å²) >= 11 is 0. The lowest BCUT2D eigenvalue weighted by atomic mass is 9.98. The maximum atomic E-state index is 15.0. The van der Waals surface area contributed by atoms with Crippen molar-refractivity contribution in [1.82, 2.24) is 10.2 Å². The number of benzene rings is 2. The van der Waals surface area contributed by atoms with Crippen LogP contribution in [-0.2, 0) is 31.8 Å². The van der Waals surface area contributed by atoms with E-state index in [2.05, 4.69) is 39.2 Å². The van der Waals surface area contributed by atoms with Gasteiger partial charge in [0.25, 0.3) is 5.91 Å². The molecule has 1 aliphatic heterocycles. The molecule has 0 radical (unpaired) electrons. The van der Waals surface area contributed by atoms with Crippen LogP contribution in [0.1, 0.15) is 79.5 Å². The average molecular weight is 687 g/mol. The molecule has 0 aromatic heterocycles. The number of rotatable bonds is 9. The minimum Gasteiger partial charge on any atom is -0.413 e. The van der Waals surface area contributed by atoms with E-state index in [9.17, 15) is 40.0 Å². The molecule has 0 bridgehead atoms. The molecule has 1 saturated heterocycles. The number of halogens is 5. The van der Waals surface area contributed by atoms with Gasteiger partial charge in [0.15, 0.2) is 18.2 Å². The number of fused-ring (bicyclic) bond motifs is 1. The lowest BCUT2D eigenvalue weighted by molar-refractivity contribution is -0.140. The number of nitrogens with zero attached hydrogens (tertiary/aromatic N) is 1. The molecule has 1 N–H and O–H groups in total. The first-order chi connectivity index (χ1) is 21.1. The zero-order chi connectivity index (χ0) is 34.1. The van der Waals surface area contributed by atoms with Gasteiger partial charge in [-0.3, -0.25) is 9.59 Å². The predicted octanol–water partition coefficient (Wildman–Crippen LogP) is 6.78. The van der Waals surface area contributed by atoms with Crippen LogP contribution < -0.4 is 5.32 Å². The Bertz CT molecular complexity index is 1670. The molecule has 46 heavy (non-hydrogen) atoms. The van der Waals surface area contributed by atoms with Crippen LogP contribution in [0, 0.1) is 23.5 Å². The highest BCUT2D eigenvalue weighted by molar-refractivity contribution is 7.90. The minimum absolute atomic E-state index is 0.0318. The molecule has 1 unspecified atom stereocenters. The van der Waals surface area contributed by atoms with Crippen molar-refractivity contribution < 1.29 is 44.4 Å². The van der Waals surface area contributed by atoms with Gasteiger partial charge in [-0.15, -0.1) is 0 Å². The van der Waals surface area contributed by atoms with Gasteiger partial charge in [0, 0.05) is 23.4 Å². The molecule has 14 heteroatoms. The number of alkyl halides is 3. The molecule has 1 heterocycles. The van der Waals surface area contributed by atoms with Gasteiger partial charge in [0.05, 0.1) is 23.1 Å². The molecule has 4 atom stereocenters. The monoisotopic (exact) mass is 686 g/mol. The molecule has 2 aliphatic carbocycles. The van der Waals surface area contributed by atoms with E-state index in [1.54, 1.807) is 6.07 Å². The van der Waals surface area contributed by atoms with Crippen LogP contribution in [0.25, 0.3) is 0 Å². The number of hydrogen-bond acceptors (Lipinski definition) is 5. The van der Waals surface area contributed by atoms with Gasteiger partial charge in [-0.25, -0.2) is 17.2 Å². The van der Waals surface area contributed by atoms with Crippen molar-refractivity contribution in [3.8, 4) is 0 Å². The second-order valence-corrected chi connectivity index (χ2v) is 21.2. The second-order valence-electron chi connectivity index (χ2n) is 14.3. The first-order valence-electron chi connectivity index (χ1n) is 15.3. The zero-order valence-corrected chi connectivity index (χ0v) is 28.4. The standard InChI is InChI=1S/C32H39F5N2O5SSi/c1-31(2,3)46(5,6)44-16-18-9-10-20(45(4,42)43)13-21(18)30(41)39-26-11-19(26)12-27(39)29(40)38-28(17-7-8-17)22-14-25(34)23(15-24(22)33)32(35,36)37/h9-10,13-15,17,19,26-28H,7-8,11-12,16H2,1-6H3,(H,38,40)/t19-,26-,27-,28?/m1/s1. The van der Waals surface area contributed by atoms with Crippen molar-refractivity contribution in [3.63, 3.8) is 0 Å². The molecule has 0 spiro atoms. The third-order valence-electron chi connectivity index (χ3n) is 9.89. The smallest absolute Gasteiger partial charge is 0.413 e. The minimum atomic E-state index is -5.09. The van der Waals surface area contributed by atoms with Crippen LogP contribution >= 0.6 is 0 Å². The Morgan fingerprint density at radius 3 is 2.26 bits per heavy atom. The molecule has 7 nitrogen and oxygen atoms in total. The first-order valence-corrected chi connectivity index (χ1v) is 20.1. The average Bonchev–Trinajstić information content (AvgIpc) is 3.87. The van der Waals surface area contributed by atoms with Crippen LogP contribution in [0.2, 0.25) is 18.1 Å². The van der Waals surface area contributed by atoms with Crippen molar-refractivity contribution in [2.24, 2.45) is 11.8 Å². The maximum absolute atomic E-state index is 15.0. The molecule has 3 fully saturated rings. The van der Waals surface area contributed by atoms with Crippen molar-refractivity contribution in [1.29, 1.82) is 0 Å². The maximum Gasteiger partial charge on any atom is 0.419 e. The Balaban J connectivity index is 1.44. The third-order valence-corrected chi connectivity index (χ3v) is 15.5. The Morgan fingerprint density at radius 2 is 1.70 bits per heavy atom. The number of hydrogen-bond donors (Lipinski definition) is 1. The summed E-state index contributed by atoms with van der Waals surface area (Å²) in [5.41, 5.74) is -1.54. The zero-order valence-electron chi connectivity index (χ0n) is 26.6. The lowest BCUT2D eigenvalue weighted by Crippen LogP contribution is -2.49. The molecule has 2 saturated carbocycles. The highest BCUT2D eigenvalue weighted by Crippen LogP contribution is 2.50. The van der Waals surface area contributed by atoms with Gasteiger partial charge in [-0.2, -0.15) is 13.2 Å². The van der Waals surface area contributed by atoms with E-state index in [1.165, 1.54) is 17.0 Å². The molecule has 2 aromatic carbocycles. The van der Waals surface area contributed by atoms with Gasteiger partial charge in [0.1, 0.15) is 17.7 Å². The molecule has 2 amide bonds. The van der Waals surface area contributed by atoms with Gasteiger partial charge in [-0.1, -0.05) is 26.8 Å². The topological polar surface area (TPSA) is 92.8 Å². The first kappa shape index (κ1) is 34.5. The molecule has 2 aromatic rings. The quantitative estimate of drug-likeness (QED) is 0.232. The van der Waals surface area contributed by atoms with Crippen LogP contribution in [0.5, 0.6) is 0 Å². The summed E-state index contributed by atoms with van der Waals surface area (Å²) in [6.45, 7) is 10.4. The normalized spacial score (nSPS) is 22.4. The van der Waals surface area contributed by atoms with Crippen molar-refractivity contribution >= 4 is 30.0 Å². The fourth-order valence-electron chi connectivity index (χ4n) is 5.85. The predicted molar refractivity (Wildman–Crippen MR) is 163 cm³/mol. The summed E-state index contributed by atoms with van der Waals surface area (Å²) in [5, 5.41) is 2.59. The molecule has 3 aliphatic rings. The number of carbonyl (C=O) groups excluding carboxylic acids is 2. The van der Waals surface area contributed by atoms with E-state index >= 15 is 0 Å². The van der Waals surface area contributed by atoms with Gasteiger partial charge < -0.3 is 14.6 Å². The third kappa shape index (κ3) is 6.89. The lowest BCUT2D eigenvalue weighted by Gasteiger charge is -2.36. The van der Waals surface area contributed by atoms with E-state index < -0.39 is 65.4 Å². The SMILES string of the molecule is CC(C)(C)[Si](C)(C)OCc1ccc(S(C)(=O)=O)cc1C(=O)N1[C@@H](C(=O)NC(c2cc(F)c(C(F)(F)F)cc2F)C2CC2)C[C@H]2C[C@H]21. The van der Waals surface area contributed by atoms with E-state index in [-0.39, 0.29) is 51.6 Å².